The van der Waals surface area contributed by atoms with E-state index >= 15 is 0 Å². The van der Waals surface area contributed by atoms with Gasteiger partial charge in [-0.3, -0.25) is 9.59 Å². The molecular weight excluding hydrogens is 388 g/mol. The second kappa shape index (κ2) is 8.97. The average molecular weight is 415 g/mol. The third kappa shape index (κ3) is 4.98. The Balaban J connectivity index is 1.66. The first kappa shape index (κ1) is 21.3. The molecule has 0 saturated carbocycles. The molecule has 1 heterocycles. The summed E-state index contributed by atoms with van der Waals surface area (Å²) in [5.74, 6) is -0.368. The fourth-order valence-corrected chi connectivity index (χ4v) is 3.96. The Morgan fingerprint density at radius 3 is 2.62 bits per heavy atom. The molecule has 29 heavy (non-hydrogen) atoms. The summed E-state index contributed by atoms with van der Waals surface area (Å²) < 4.78 is 4.81. The number of nitrogens with one attached hydrogen (secondary N) is 1. The summed E-state index contributed by atoms with van der Waals surface area (Å²) in [4.78, 5) is 26.5. The summed E-state index contributed by atoms with van der Waals surface area (Å²) in [5.41, 5.74) is 2.70. The number of anilines is 1. The average Bonchev–Trinajstić information content (AvgIpc) is 3.06. The van der Waals surface area contributed by atoms with Crippen LogP contribution in [0.2, 0.25) is 5.02 Å². The molecule has 2 aromatic carbocycles. The van der Waals surface area contributed by atoms with Crippen LogP contribution in [0.3, 0.4) is 0 Å². The van der Waals surface area contributed by atoms with Gasteiger partial charge in [-0.25, -0.2) is 0 Å². The van der Waals surface area contributed by atoms with Crippen LogP contribution >= 0.6 is 11.6 Å². The van der Waals surface area contributed by atoms with Crippen molar-refractivity contribution in [2.75, 3.05) is 25.1 Å². The summed E-state index contributed by atoms with van der Waals surface area (Å²) in [6.07, 6.45) is 0.593. The Morgan fingerprint density at radius 1 is 1.21 bits per heavy atom. The zero-order valence-corrected chi connectivity index (χ0v) is 17.8. The fraction of sp³-hybridized carbons (Fsp3) is 0.391. The van der Waals surface area contributed by atoms with Gasteiger partial charge in [0.05, 0.1) is 13.5 Å². The second-order valence-electron chi connectivity index (χ2n) is 7.85. The number of nitrogens with zero attached hydrogens (tertiary/aromatic N) is 1. The summed E-state index contributed by atoms with van der Waals surface area (Å²) in [5, 5.41) is 4.07. The van der Waals surface area contributed by atoms with Gasteiger partial charge in [0.15, 0.2) is 0 Å². The molecule has 0 saturated heterocycles. The monoisotopic (exact) mass is 414 g/mol. The van der Waals surface area contributed by atoms with Crippen molar-refractivity contribution in [2.45, 2.75) is 38.1 Å². The lowest BCUT2D eigenvalue weighted by Gasteiger charge is -2.27. The molecule has 0 spiro atoms. The Kier molecular flexibility index (Phi) is 6.60. The number of hydrogen-bond acceptors (Lipinski definition) is 4. The highest BCUT2D eigenvalue weighted by Gasteiger charge is 2.34. The van der Waals surface area contributed by atoms with E-state index in [9.17, 15) is 9.59 Å². The van der Waals surface area contributed by atoms with Crippen LogP contribution in [0.1, 0.15) is 43.7 Å². The Hall–Kier alpha value is -2.37. The van der Waals surface area contributed by atoms with Gasteiger partial charge in [0.1, 0.15) is 0 Å². The lowest BCUT2D eigenvalue weighted by Crippen LogP contribution is -2.40. The van der Waals surface area contributed by atoms with Crippen molar-refractivity contribution >= 4 is 29.2 Å². The normalized spacial score (nSPS) is 15.9. The molecule has 0 aromatic heterocycles. The highest BCUT2D eigenvalue weighted by Crippen LogP contribution is 2.40. The van der Waals surface area contributed by atoms with E-state index in [1.165, 1.54) is 12.7 Å². The molecule has 1 atom stereocenters. The van der Waals surface area contributed by atoms with Crippen molar-refractivity contribution in [3.63, 3.8) is 0 Å². The summed E-state index contributed by atoms with van der Waals surface area (Å²) in [6, 6.07) is 15.6. The molecule has 1 aliphatic heterocycles. The van der Waals surface area contributed by atoms with Crippen LogP contribution in [0, 0.1) is 0 Å². The van der Waals surface area contributed by atoms with Gasteiger partial charge in [-0.05, 0) is 43.2 Å². The van der Waals surface area contributed by atoms with Gasteiger partial charge in [0, 0.05) is 41.7 Å². The van der Waals surface area contributed by atoms with Gasteiger partial charge in [0.25, 0.3) is 0 Å². The van der Waals surface area contributed by atoms with Gasteiger partial charge in [-0.15, -0.1) is 0 Å². The molecule has 5 nitrogen and oxygen atoms in total. The highest BCUT2D eigenvalue weighted by atomic mass is 35.5. The Morgan fingerprint density at radius 2 is 1.93 bits per heavy atom. The quantitative estimate of drug-likeness (QED) is 0.688. The molecule has 2 aromatic rings. The first-order valence-corrected chi connectivity index (χ1v) is 10.2. The van der Waals surface area contributed by atoms with Crippen LogP contribution in [-0.2, 0) is 19.9 Å². The molecule has 0 aliphatic carbocycles. The number of fused-ring (bicyclic) bond motifs is 1. The standard InChI is InChI=1S/C23H27ClN2O3/c1-23(2,17-7-5-4-6-8-17)25-12-11-21(27)26-15-16(13-22(28)29-3)19-14-18(24)9-10-20(19)26/h4-10,14,16,25H,11-13,15H2,1-3H3. The van der Waals surface area contributed by atoms with Crippen LogP contribution < -0.4 is 10.2 Å². The van der Waals surface area contributed by atoms with Gasteiger partial charge < -0.3 is 15.0 Å². The van der Waals surface area contributed by atoms with E-state index in [2.05, 4.69) is 31.3 Å². The van der Waals surface area contributed by atoms with Crippen molar-refractivity contribution in [1.29, 1.82) is 0 Å². The zero-order valence-electron chi connectivity index (χ0n) is 17.1. The number of esters is 1. The molecule has 1 unspecified atom stereocenters. The first-order valence-electron chi connectivity index (χ1n) is 9.79. The molecule has 0 fully saturated rings. The predicted molar refractivity (Wildman–Crippen MR) is 115 cm³/mol. The van der Waals surface area contributed by atoms with Crippen molar-refractivity contribution in [1.82, 2.24) is 5.32 Å². The largest absolute Gasteiger partial charge is 0.469 e. The Bertz CT molecular complexity index is 883. The van der Waals surface area contributed by atoms with Crippen molar-refractivity contribution in [2.24, 2.45) is 0 Å². The number of methoxy groups -OCH3 is 1. The number of halogens is 1. The molecule has 0 bridgehead atoms. The highest BCUT2D eigenvalue weighted by molar-refractivity contribution is 6.30. The van der Waals surface area contributed by atoms with E-state index in [0.717, 1.165) is 11.3 Å². The van der Waals surface area contributed by atoms with E-state index in [4.69, 9.17) is 16.3 Å². The zero-order chi connectivity index (χ0) is 21.0. The molecule has 1 N–H and O–H groups in total. The molecule has 6 heteroatoms. The lowest BCUT2D eigenvalue weighted by molar-refractivity contribution is -0.141. The number of amides is 1. The number of carbonyl (C=O) groups is 2. The van der Waals surface area contributed by atoms with Gasteiger partial charge >= 0.3 is 5.97 Å². The lowest BCUT2D eigenvalue weighted by atomic mass is 9.94. The van der Waals surface area contributed by atoms with Crippen LogP contribution in [0.15, 0.2) is 48.5 Å². The van der Waals surface area contributed by atoms with Gasteiger partial charge in [-0.2, -0.15) is 0 Å². The summed E-state index contributed by atoms with van der Waals surface area (Å²) in [6.45, 7) is 5.23. The maximum Gasteiger partial charge on any atom is 0.306 e. The first-order chi connectivity index (χ1) is 13.8. The second-order valence-corrected chi connectivity index (χ2v) is 8.29. The molecular formula is C23H27ClN2O3. The van der Waals surface area contributed by atoms with E-state index in [1.54, 1.807) is 11.0 Å². The van der Waals surface area contributed by atoms with E-state index in [-0.39, 0.29) is 29.8 Å². The van der Waals surface area contributed by atoms with Crippen molar-refractivity contribution < 1.29 is 14.3 Å². The minimum absolute atomic E-state index is 0.0253. The van der Waals surface area contributed by atoms with Crippen LogP contribution in [0.5, 0.6) is 0 Å². The maximum absolute atomic E-state index is 13.0. The van der Waals surface area contributed by atoms with E-state index in [1.807, 2.05) is 30.3 Å². The van der Waals surface area contributed by atoms with Gasteiger partial charge in [-0.1, -0.05) is 41.9 Å². The number of carbonyl (C=O) groups excluding carboxylic acids is 2. The van der Waals surface area contributed by atoms with Gasteiger partial charge in [0.2, 0.25) is 5.91 Å². The number of benzene rings is 2. The molecule has 0 radical (unpaired) electrons. The van der Waals surface area contributed by atoms with Crippen molar-refractivity contribution in [3.8, 4) is 0 Å². The third-order valence-electron chi connectivity index (χ3n) is 5.47. The smallest absolute Gasteiger partial charge is 0.306 e. The van der Waals surface area contributed by atoms with Crippen LogP contribution in [0.4, 0.5) is 5.69 Å². The van der Waals surface area contributed by atoms with Crippen molar-refractivity contribution in [3.05, 3.63) is 64.7 Å². The Labute approximate surface area is 177 Å². The molecule has 3 rings (SSSR count). The fourth-order valence-electron chi connectivity index (χ4n) is 3.78. The maximum atomic E-state index is 13.0. The van der Waals surface area contributed by atoms with E-state index < -0.39 is 0 Å². The van der Waals surface area contributed by atoms with Crippen LogP contribution in [-0.4, -0.2) is 32.1 Å². The predicted octanol–water partition coefficient (Wildman–Crippen LogP) is 4.25. The summed E-state index contributed by atoms with van der Waals surface area (Å²) in [7, 11) is 1.37. The minimum Gasteiger partial charge on any atom is -0.469 e. The summed E-state index contributed by atoms with van der Waals surface area (Å²) >= 11 is 6.15. The molecule has 1 amide bonds. The molecule has 1 aliphatic rings. The van der Waals surface area contributed by atoms with E-state index in [0.29, 0.717) is 24.5 Å². The SMILES string of the molecule is COC(=O)CC1CN(C(=O)CCNC(C)(C)c2ccccc2)c2ccc(Cl)cc21. The number of rotatable bonds is 7. The number of hydrogen-bond donors (Lipinski definition) is 1. The number of ether oxygens (including phenoxy) is 1. The van der Waals surface area contributed by atoms with Crippen LogP contribution in [0.25, 0.3) is 0 Å². The third-order valence-corrected chi connectivity index (χ3v) is 5.70. The molecule has 154 valence electrons. The topological polar surface area (TPSA) is 58.6 Å². The minimum atomic E-state index is -0.290.